The molecule has 0 spiro atoms. The molecule has 0 aliphatic carbocycles. The van der Waals surface area contributed by atoms with Crippen molar-refractivity contribution in [2.24, 2.45) is 0 Å². The fraction of sp³-hybridized carbons (Fsp3) is 0.0625. The smallest absolute Gasteiger partial charge is 0.417 e. The van der Waals surface area contributed by atoms with Crippen LogP contribution < -0.4 is 5.32 Å². The highest BCUT2D eigenvalue weighted by molar-refractivity contribution is 5.93. The second-order valence-corrected chi connectivity index (χ2v) is 4.91. The van der Waals surface area contributed by atoms with E-state index in [1.54, 1.807) is 6.07 Å². The lowest BCUT2D eigenvalue weighted by Gasteiger charge is -2.08. The number of allylic oxidation sites excluding steroid dienone is 1. The summed E-state index contributed by atoms with van der Waals surface area (Å²) >= 11 is 0. The molecule has 0 unspecified atom stereocenters. The molecule has 0 amide bonds. The van der Waals surface area contributed by atoms with Gasteiger partial charge in [0, 0.05) is 11.9 Å². The molecule has 2 aromatic heterocycles. The number of fused-ring (bicyclic) bond motifs is 1. The van der Waals surface area contributed by atoms with E-state index in [-0.39, 0.29) is 0 Å². The Balaban J connectivity index is 2.03. The number of anilines is 2. The topological polar surface area (TPSA) is 80.0 Å². The fourth-order valence-corrected chi connectivity index (χ4v) is 2.20. The molecule has 0 saturated carbocycles. The third-order valence-corrected chi connectivity index (χ3v) is 3.31. The summed E-state index contributed by atoms with van der Waals surface area (Å²) in [4.78, 5) is 19.4. The predicted octanol–water partition coefficient (Wildman–Crippen LogP) is 3.73. The van der Waals surface area contributed by atoms with Crippen molar-refractivity contribution in [1.29, 1.82) is 0 Å². The van der Waals surface area contributed by atoms with Gasteiger partial charge in [-0.05, 0) is 30.7 Å². The van der Waals surface area contributed by atoms with Gasteiger partial charge in [-0.25, -0.2) is 19.3 Å². The Labute approximate surface area is 126 Å². The molecule has 0 saturated heterocycles. The zero-order valence-electron chi connectivity index (χ0n) is 11.9. The third kappa shape index (κ3) is 2.42. The molecule has 110 valence electrons. The Bertz CT molecular complexity index is 883. The first kappa shape index (κ1) is 13.8. The molecule has 6 heteroatoms. The lowest BCUT2D eigenvalue weighted by atomic mass is 10.1. The Morgan fingerprint density at radius 2 is 2.14 bits per heavy atom. The molecule has 3 rings (SSSR count). The highest BCUT2D eigenvalue weighted by Gasteiger charge is 2.12. The summed E-state index contributed by atoms with van der Waals surface area (Å²) in [6, 6.07) is 9.45. The lowest BCUT2D eigenvalue weighted by molar-refractivity contribution is 0.197. The average molecular weight is 294 g/mol. The first-order valence-electron chi connectivity index (χ1n) is 6.64. The van der Waals surface area contributed by atoms with Crippen molar-refractivity contribution in [3.8, 4) is 0 Å². The van der Waals surface area contributed by atoms with Crippen molar-refractivity contribution in [2.45, 2.75) is 6.92 Å². The van der Waals surface area contributed by atoms with Crippen LogP contribution >= 0.6 is 0 Å². The van der Waals surface area contributed by atoms with Crippen molar-refractivity contribution >= 4 is 34.2 Å². The quantitative estimate of drug-likeness (QED) is 0.769. The summed E-state index contributed by atoms with van der Waals surface area (Å²) in [5.74, 6) is 0.559. The zero-order chi connectivity index (χ0) is 15.7. The van der Waals surface area contributed by atoms with Crippen LogP contribution in [0.25, 0.3) is 16.6 Å². The number of nitrogens with zero attached hydrogens (tertiary/aromatic N) is 3. The van der Waals surface area contributed by atoms with Gasteiger partial charge >= 0.3 is 6.09 Å². The van der Waals surface area contributed by atoms with Crippen molar-refractivity contribution in [3.63, 3.8) is 0 Å². The van der Waals surface area contributed by atoms with Gasteiger partial charge in [-0.2, -0.15) is 0 Å². The van der Waals surface area contributed by atoms with E-state index in [2.05, 4.69) is 21.9 Å². The Kier molecular flexibility index (Phi) is 3.34. The monoisotopic (exact) mass is 294 g/mol. The van der Waals surface area contributed by atoms with Crippen LogP contribution in [0.15, 0.2) is 49.4 Å². The van der Waals surface area contributed by atoms with Gasteiger partial charge in [0.2, 0.25) is 0 Å². The minimum Gasteiger partial charge on any atom is -0.464 e. The standard InChI is InChI=1S/C16H14N4O2/c1-10(2)11-4-3-5-12(8-11)19-14-13-6-7-20(16(21)22)15(13)18-9-17-14/h3-9H,1H2,2H3,(H,21,22)(H,17,18,19). The number of hydrogen-bond donors (Lipinski definition) is 2. The van der Waals surface area contributed by atoms with Gasteiger partial charge in [-0.1, -0.05) is 24.3 Å². The van der Waals surface area contributed by atoms with Gasteiger partial charge in [0.25, 0.3) is 0 Å². The number of carboxylic acid groups (broad SMARTS) is 1. The number of rotatable bonds is 3. The average Bonchev–Trinajstić information content (AvgIpc) is 2.93. The van der Waals surface area contributed by atoms with Crippen molar-refractivity contribution in [3.05, 3.63) is 55.0 Å². The molecule has 0 aliphatic heterocycles. The van der Waals surface area contributed by atoms with Crippen LogP contribution in [0.1, 0.15) is 12.5 Å². The van der Waals surface area contributed by atoms with Crippen LogP contribution in [0.4, 0.5) is 16.3 Å². The molecule has 0 fully saturated rings. The van der Waals surface area contributed by atoms with Crippen LogP contribution in [0.2, 0.25) is 0 Å². The highest BCUT2D eigenvalue weighted by Crippen LogP contribution is 2.25. The van der Waals surface area contributed by atoms with Crippen LogP contribution in [0.5, 0.6) is 0 Å². The first-order chi connectivity index (χ1) is 10.6. The van der Waals surface area contributed by atoms with E-state index in [0.717, 1.165) is 21.4 Å². The highest BCUT2D eigenvalue weighted by atomic mass is 16.4. The maximum Gasteiger partial charge on any atom is 0.417 e. The molecule has 0 atom stereocenters. The largest absolute Gasteiger partial charge is 0.464 e. The third-order valence-electron chi connectivity index (χ3n) is 3.31. The van der Waals surface area contributed by atoms with E-state index in [0.29, 0.717) is 16.9 Å². The molecule has 1 aromatic carbocycles. The summed E-state index contributed by atoms with van der Waals surface area (Å²) in [5, 5.41) is 13.0. The van der Waals surface area contributed by atoms with E-state index in [9.17, 15) is 4.79 Å². The Morgan fingerprint density at radius 3 is 2.86 bits per heavy atom. The predicted molar refractivity (Wildman–Crippen MR) is 85.4 cm³/mol. The van der Waals surface area contributed by atoms with Crippen molar-refractivity contribution in [1.82, 2.24) is 14.5 Å². The molecule has 0 aliphatic rings. The minimum atomic E-state index is -1.08. The molecule has 0 bridgehead atoms. The number of nitrogens with one attached hydrogen (secondary N) is 1. The second-order valence-electron chi connectivity index (χ2n) is 4.91. The van der Waals surface area contributed by atoms with Crippen LogP contribution in [0, 0.1) is 0 Å². The van der Waals surface area contributed by atoms with Crippen molar-refractivity contribution in [2.75, 3.05) is 5.32 Å². The van der Waals surface area contributed by atoms with Crippen LogP contribution in [-0.2, 0) is 0 Å². The van der Waals surface area contributed by atoms with Gasteiger partial charge in [0.1, 0.15) is 12.1 Å². The normalized spacial score (nSPS) is 10.6. The summed E-state index contributed by atoms with van der Waals surface area (Å²) in [7, 11) is 0. The Morgan fingerprint density at radius 1 is 1.32 bits per heavy atom. The summed E-state index contributed by atoms with van der Waals surface area (Å²) in [6.07, 6.45) is 1.72. The molecule has 6 nitrogen and oxygen atoms in total. The summed E-state index contributed by atoms with van der Waals surface area (Å²) < 4.78 is 1.06. The molecule has 2 N–H and O–H groups in total. The summed E-state index contributed by atoms with van der Waals surface area (Å²) in [6.45, 7) is 5.86. The van der Waals surface area contributed by atoms with E-state index in [4.69, 9.17) is 5.11 Å². The molecule has 2 heterocycles. The van der Waals surface area contributed by atoms with E-state index in [1.807, 2.05) is 31.2 Å². The maximum atomic E-state index is 11.1. The van der Waals surface area contributed by atoms with E-state index in [1.165, 1.54) is 12.5 Å². The molecule has 0 radical (unpaired) electrons. The SMILES string of the molecule is C=C(C)c1cccc(Nc2ncnc3c2ccn3C(=O)O)c1. The number of aromatic nitrogens is 3. The van der Waals surface area contributed by atoms with Gasteiger partial charge in [-0.15, -0.1) is 0 Å². The maximum absolute atomic E-state index is 11.1. The second kappa shape index (κ2) is 5.33. The van der Waals surface area contributed by atoms with Gasteiger partial charge in [0.15, 0.2) is 5.65 Å². The minimum absolute atomic E-state index is 0.348. The molecular weight excluding hydrogens is 280 g/mol. The van der Waals surface area contributed by atoms with Crippen LogP contribution in [0.3, 0.4) is 0 Å². The van der Waals surface area contributed by atoms with Gasteiger partial charge < -0.3 is 10.4 Å². The molecule has 3 aromatic rings. The van der Waals surface area contributed by atoms with Gasteiger partial charge in [0.05, 0.1) is 5.39 Å². The zero-order valence-corrected chi connectivity index (χ0v) is 11.9. The Hall–Kier alpha value is -3.15. The van der Waals surface area contributed by atoms with E-state index >= 15 is 0 Å². The first-order valence-corrected chi connectivity index (χ1v) is 6.64. The van der Waals surface area contributed by atoms with Crippen LogP contribution in [-0.4, -0.2) is 25.7 Å². The summed E-state index contributed by atoms with van der Waals surface area (Å²) in [5.41, 5.74) is 3.19. The lowest BCUT2D eigenvalue weighted by Crippen LogP contribution is -2.07. The number of carbonyl (C=O) groups is 1. The molecule has 22 heavy (non-hydrogen) atoms. The number of hydrogen-bond acceptors (Lipinski definition) is 4. The van der Waals surface area contributed by atoms with Crippen molar-refractivity contribution < 1.29 is 9.90 Å². The van der Waals surface area contributed by atoms with Gasteiger partial charge in [-0.3, -0.25) is 0 Å². The molecular formula is C16H14N4O2. The number of benzene rings is 1. The van der Waals surface area contributed by atoms with E-state index < -0.39 is 6.09 Å². The fourth-order valence-electron chi connectivity index (χ4n) is 2.20.